The standard InChI is InChI=1S/C17H17N3OS/c1-3-14(20-6-8-21-9-7-20)4-2-13(1)11-17-18-12-16-15(19-17)5-10-22-16/h1-5,10,12H,6-9,11H2. The molecule has 0 unspecified atom stereocenters. The van der Waals surface area contributed by atoms with Crippen molar-refractivity contribution in [2.45, 2.75) is 6.42 Å². The molecular weight excluding hydrogens is 294 g/mol. The summed E-state index contributed by atoms with van der Waals surface area (Å²) in [5, 5.41) is 2.06. The van der Waals surface area contributed by atoms with Gasteiger partial charge in [-0.25, -0.2) is 9.97 Å². The van der Waals surface area contributed by atoms with E-state index in [1.165, 1.54) is 11.3 Å². The predicted molar refractivity (Wildman–Crippen MR) is 89.7 cm³/mol. The lowest BCUT2D eigenvalue weighted by molar-refractivity contribution is 0.122. The van der Waals surface area contributed by atoms with Crippen LogP contribution in [0.15, 0.2) is 41.9 Å². The lowest BCUT2D eigenvalue weighted by Crippen LogP contribution is -2.36. The van der Waals surface area contributed by atoms with Crippen molar-refractivity contribution in [3.05, 3.63) is 53.3 Å². The van der Waals surface area contributed by atoms with E-state index in [0.717, 1.165) is 48.8 Å². The highest BCUT2D eigenvalue weighted by Crippen LogP contribution is 2.20. The number of morpholine rings is 1. The molecule has 5 heteroatoms. The van der Waals surface area contributed by atoms with Crippen LogP contribution in [0.25, 0.3) is 10.2 Å². The maximum atomic E-state index is 5.40. The number of fused-ring (bicyclic) bond motifs is 1. The van der Waals surface area contributed by atoms with E-state index in [0.29, 0.717) is 0 Å². The van der Waals surface area contributed by atoms with Crippen molar-refractivity contribution < 1.29 is 4.74 Å². The van der Waals surface area contributed by atoms with E-state index in [9.17, 15) is 0 Å². The molecule has 2 aromatic heterocycles. The summed E-state index contributed by atoms with van der Waals surface area (Å²) in [6, 6.07) is 10.8. The molecule has 1 fully saturated rings. The minimum atomic E-state index is 0.773. The monoisotopic (exact) mass is 311 g/mol. The number of nitrogens with zero attached hydrogens (tertiary/aromatic N) is 3. The highest BCUT2D eigenvalue weighted by atomic mass is 32.1. The van der Waals surface area contributed by atoms with Gasteiger partial charge in [0.25, 0.3) is 0 Å². The van der Waals surface area contributed by atoms with Crippen molar-refractivity contribution in [3.63, 3.8) is 0 Å². The summed E-state index contributed by atoms with van der Waals surface area (Å²) in [4.78, 5) is 11.4. The van der Waals surface area contributed by atoms with Crippen LogP contribution < -0.4 is 4.90 Å². The Morgan fingerprint density at radius 3 is 2.73 bits per heavy atom. The Kier molecular flexibility index (Phi) is 3.74. The van der Waals surface area contributed by atoms with Crippen molar-refractivity contribution >= 4 is 27.2 Å². The van der Waals surface area contributed by atoms with Gasteiger partial charge >= 0.3 is 0 Å². The molecule has 4 rings (SSSR count). The molecule has 22 heavy (non-hydrogen) atoms. The second kappa shape index (κ2) is 6.02. The van der Waals surface area contributed by atoms with Crippen LogP contribution in [-0.4, -0.2) is 36.3 Å². The van der Waals surface area contributed by atoms with Gasteiger partial charge in [-0.2, -0.15) is 0 Å². The maximum absolute atomic E-state index is 5.40. The molecule has 3 heterocycles. The van der Waals surface area contributed by atoms with Gasteiger partial charge < -0.3 is 9.64 Å². The minimum absolute atomic E-state index is 0.773. The zero-order chi connectivity index (χ0) is 14.8. The molecule has 1 aromatic carbocycles. The normalized spacial score (nSPS) is 15.4. The second-order valence-electron chi connectivity index (χ2n) is 5.40. The first-order valence-electron chi connectivity index (χ1n) is 7.49. The molecule has 3 aromatic rings. The molecule has 0 atom stereocenters. The van der Waals surface area contributed by atoms with Gasteiger partial charge in [0.05, 0.1) is 23.4 Å². The summed E-state index contributed by atoms with van der Waals surface area (Å²) in [7, 11) is 0. The van der Waals surface area contributed by atoms with Crippen molar-refractivity contribution in [1.82, 2.24) is 9.97 Å². The van der Waals surface area contributed by atoms with E-state index < -0.39 is 0 Å². The van der Waals surface area contributed by atoms with E-state index in [-0.39, 0.29) is 0 Å². The average Bonchev–Trinajstić information content (AvgIpc) is 3.04. The number of hydrogen-bond acceptors (Lipinski definition) is 5. The molecule has 112 valence electrons. The van der Waals surface area contributed by atoms with Crippen molar-refractivity contribution in [1.29, 1.82) is 0 Å². The van der Waals surface area contributed by atoms with Crippen molar-refractivity contribution in [2.24, 2.45) is 0 Å². The Morgan fingerprint density at radius 1 is 1.09 bits per heavy atom. The molecule has 0 spiro atoms. The van der Waals surface area contributed by atoms with Crippen LogP contribution in [0.3, 0.4) is 0 Å². The van der Waals surface area contributed by atoms with Gasteiger partial charge in [0.15, 0.2) is 0 Å². The average molecular weight is 311 g/mol. The number of thiophene rings is 1. The molecule has 0 saturated carbocycles. The van der Waals surface area contributed by atoms with Gasteiger partial charge in [-0.05, 0) is 29.1 Å². The highest BCUT2D eigenvalue weighted by molar-refractivity contribution is 7.17. The topological polar surface area (TPSA) is 38.2 Å². The van der Waals surface area contributed by atoms with Crippen LogP contribution in [0.5, 0.6) is 0 Å². The molecule has 0 bridgehead atoms. The molecule has 0 radical (unpaired) electrons. The Hall–Kier alpha value is -1.98. The largest absolute Gasteiger partial charge is 0.378 e. The van der Waals surface area contributed by atoms with Crippen LogP contribution in [0.1, 0.15) is 11.4 Å². The minimum Gasteiger partial charge on any atom is -0.378 e. The molecule has 0 N–H and O–H groups in total. The molecule has 1 aliphatic heterocycles. The van der Waals surface area contributed by atoms with Crippen molar-refractivity contribution in [3.8, 4) is 0 Å². The van der Waals surface area contributed by atoms with Gasteiger partial charge in [-0.1, -0.05) is 12.1 Å². The quantitative estimate of drug-likeness (QED) is 0.745. The molecule has 1 saturated heterocycles. The van der Waals surface area contributed by atoms with Crippen LogP contribution in [0.4, 0.5) is 5.69 Å². The summed E-state index contributed by atoms with van der Waals surface area (Å²) in [5.74, 6) is 0.880. The number of anilines is 1. The summed E-state index contributed by atoms with van der Waals surface area (Å²) in [6.45, 7) is 3.57. The van der Waals surface area contributed by atoms with Crippen LogP contribution in [0, 0.1) is 0 Å². The third-order valence-electron chi connectivity index (χ3n) is 3.93. The molecule has 4 nitrogen and oxygen atoms in total. The molecular formula is C17H17N3OS. The third-order valence-corrected chi connectivity index (χ3v) is 4.77. The van der Waals surface area contributed by atoms with Crippen molar-refractivity contribution in [2.75, 3.05) is 31.2 Å². The Morgan fingerprint density at radius 2 is 1.91 bits per heavy atom. The second-order valence-corrected chi connectivity index (χ2v) is 6.35. The van der Waals surface area contributed by atoms with Gasteiger partial charge in [-0.3, -0.25) is 0 Å². The zero-order valence-electron chi connectivity index (χ0n) is 12.2. The van der Waals surface area contributed by atoms with Crippen LogP contribution >= 0.6 is 11.3 Å². The number of ether oxygens (including phenoxy) is 1. The van der Waals surface area contributed by atoms with Gasteiger partial charge in [-0.15, -0.1) is 11.3 Å². The van der Waals surface area contributed by atoms with E-state index >= 15 is 0 Å². The summed E-state index contributed by atoms with van der Waals surface area (Å²) < 4.78 is 6.54. The number of benzene rings is 1. The van der Waals surface area contributed by atoms with Crippen LogP contribution in [-0.2, 0) is 11.2 Å². The Bertz CT molecular complexity index is 763. The summed E-state index contributed by atoms with van der Waals surface area (Å²) >= 11 is 1.68. The highest BCUT2D eigenvalue weighted by Gasteiger charge is 2.11. The summed E-state index contributed by atoms with van der Waals surface area (Å²) in [6.07, 6.45) is 2.69. The lowest BCUT2D eigenvalue weighted by Gasteiger charge is -2.28. The van der Waals surface area contributed by atoms with E-state index in [1.54, 1.807) is 11.3 Å². The fourth-order valence-electron chi connectivity index (χ4n) is 2.72. The molecule has 1 aliphatic rings. The zero-order valence-corrected chi connectivity index (χ0v) is 13.1. The van der Waals surface area contributed by atoms with E-state index in [4.69, 9.17) is 4.74 Å². The van der Waals surface area contributed by atoms with Gasteiger partial charge in [0.1, 0.15) is 5.82 Å². The predicted octanol–water partition coefficient (Wildman–Crippen LogP) is 3.12. The summed E-state index contributed by atoms with van der Waals surface area (Å²) in [5.41, 5.74) is 3.55. The number of hydrogen-bond donors (Lipinski definition) is 0. The SMILES string of the molecule is c1cc2nc(Cc3ccc(N4CCOCC4)cc3)ncc2s1. The fourth-order valence-corrected chi connectivity index (χ4v) is 3.41. The first-order valence-corrected chi connectivity index (χ1v) is 8.37. The van der Waals surface area contributed by atoms with E-state index in [2.05, 4.69) is 44.5 Å². The molecule has 0 amide bonds. The maximum Gasteiger partial charge on any atom is 0.133 e. The fraction of sp³-hybridized carbons (Fsp3) is 0.294. The molecule has 0 aliphatic carbocycles. The first-order chi connectivity index (χ1) is 10.9. The van der Waals surface area contributed by atoms with Gasteiger partial charge in [0.2, 0.25) is 0 Å². The first kappa shape index (κ1) is 13.7. The Balaban J connectivity index is 1.50. The number of aromatic nitrogens is 2. The van der Waals surface area contributed by atoms with E-state index in [1.807, 2.05) is 12.3 Å². The van der Waals surface area contributed by atoms with Gasteiger partial charge in [0, 0.05) is 31.4 Å². The third kappa shape index (κ3) is 2.82. The lowest BCUT2D eigenvalue weighted by atomic mass is 10.1. The number of rotatable bonds is 3. The smallest absolute Gasteiger partial charge is 0.133 e. The Labute approximate surface area is 133 Å². The van der Waals surface area contributed by atoms with Crippen LogP contribution in [0.2, 0.25) is 0 Å².